The van der Waals surface area contributed by atoms with Crippen LogP contribution < -0.4 is 10.6 Å². The summed E-state index contributed by atoms with van der Waals surface area (Å²) >= 11 is 0. The molecule has 0 bridgehead atoms. The molecular weight excluding hydrogens is 397 g/mol. The largest absolute Gasteiger partial charge is 0.347 e. The molecule has 0 aromatic heterocycles. The first kappa shape index (κ1) is 22.5. The molecule has 0 saturated carbocycles. The molecule has 2 aromatic rings. The van der Waals surface area contributed by atoms with Gasteiger partial charge in [-0.1, -0.05) is 30.3 Å². The summed E-state index contributed by atoms with van der Waals surface area (Å²) in [4.78, 5) is 39.1. The lowest BCUT2D eigenvalue weighted by atomic mass is 9.96. The second-order valence-electron chi connectivity index (χ2n) is 8.01. The Morgan fingerprint density at radius 2 is 1.74 bits per heavy atom. The van der Waals surface area contributed by atoms with E-state index in [0.29, 0.717) is 19.5 Å². The minimum absolute atomic E-state index is 0.0862. The van der Waals surface area contributed by atoms with Crippen LogP contribution in [-0.4, -0.2) is 42.3 Å². The van der Waals surface area contributed by atoms with Crippen LogP contribution in [0.25, 0.3) is 0 Å². The lowest BCUT2D eigenvalue weighted by molar-refractivity contribution is -0.135. The lowest BCUT2D eigenvalue weighted by Crippen LogP contribution is -2.47. The van der Waals surface area contributed by atoms with Gasteiger partial charge in [-0.05, 0) is 55.5 Å². The third kappa shape index (κ3) is 6.13. The van der Waals surface area contributed by atoms with Gasteiger partial charge >= 0.3 is 0 Å². The van der Waals surface area contributed by atoms with Crippen molar-refractivity contribution in [3.8, 4) is 0 Å². The van der Waals surface area contributed by atoms with Crippen molar-refractivity contribution < 1.29 is 18.8 Å². The standard InChI is InChI=1S/C24H28FN3O3/c1-16-5-3-6-17(2)23(16)27-21(29)14-26-24(31)19-7-4-12-28(15-19)22(30)13-18-8-10-20(25)11-9-18/h3,5-6,8-11,19H,4,7,12-15H2,1-2H3,(H,26,31)(H,27,29). The van der Waals surface area contributed by atoms with E-state index in [1.165, 1.54) is 12.1 Å². The topological polar surface area (TPSA) is 78.5 Å². The molecule has 2 N–H and O–H groups in total. The predicted octanol–water partition coefficient (Wildman–Crippen LogP) is 2.98. The van der Waals surface area contributed by atoms with Crippen LogP contribution in [0.15, 0.2) is 42.5 Å². The molecule has 1 fully saturated rings. The number of carbonyl (C=O) groups excluding carboxylic acids is 3. The maximum absolute atomic E-state index is 13.0. The Labute approximate surface area is 181 Å². The number of benzene rings is 2. The molecule has 1 aliphatic heterocycles. The lowest BCUT2D eigenvalue weighted by Gasteiger charge is -2.32. The summed E-state index contributed by atoms with van der Waals surface area (Å²) < 4.78 is 13.0. The molecule has 0 radical (unpaired) electrons. The summed E-state index contributed by atoms with van der Waals surface area (Å²) in [6.45, 7) is 4.63. The number of rotatable bonds is 6. The minimum atomic E-state index is -0.348. The van der Waals surface area contributed by atoms with E-state index in [0.717, 1.165) is 28.8 Å². The second-order valence-corrected chi connectivity index (χ2v) is 8.01. The van der Waals surface area contributed by atoms with Crippen molar-refractivity contribution in [2.24, 2.45) is 5.92 Å². The van der Waals surface area contributed by atoms with E-state index in [9.17, 15) is 18.8 Å². The van der Waals surface area contributed by atoms with Gasteiger partial charge in [0, 0.05) is 18.8 Å². The zero-order chi connectivity index (χ0) is 22.4. The highest BCUT2D eigenvalue weighted by molar-refractivity contribution is 5.96. The van der Waals surface area contributed by atoms with Gasteiger partial charge in [0.1, 0.15) is 5.82 Å². The molecule has 1 aliphatic rings. The Bertz CT molecular complexity index is 939. The fourth-order valence-electron chi connectivity index (χ4n) is 3.81. The fourth-order valence-corrected chi connectivity index (χ4v) is 3.81. The van der Waals surface area contributed by atoms with Crippen LogP contribution in [0.1, 0.15) is 29.5 Å². The molecule has 6 nitrogen and oxygen atoms in total. The third-order valence-corrected chi connectivity index (χ3v) is 5.58. The summed E-state index contributed by atoms with van der Waals surface area (Å²) in [5.74, 6) is -1.29. The van der Waals surface area contributed by atoms with Crippen molar-refractivity contribution in [2.45, 2.75) is 33.1 Å². The molecule has 164 valence electrons. The van der Waals surface area contributed by atoms with E-state index >= 15 is 0 Å². The number of piperidine rings is 1. The van der Waals surface area contributed by atoms with Gasteiger partial charge in [0.2, 0.25) is 17.7 Å². The van der Waals surface area contributed by atoms with Gasteiger partial charge in [-0.2, -0.15) is 0 Å². The summed E-state index contributed by atoms with van der Waals surface area (Å²) in [5.41, 5.74) is 3.42. The number of carbonyl (C=O) groups is 3. The Morgan fingerprint density at radius 3 is 2.42 bits per heavy atom. The Kier molecular flexibility index (Phi) is 7.39. The van der Waals surface area contributed by atoms with Crippen molar-refractivity contribution in [1.82, 2.24) is 10.2 Å². The number of hydrogen-bond acceptors (Lipinski definition) is 3. The second kappa shape index (κ2) is 10.2. The van der Waals surface area contributed by atoms with Crippen molar-refractivity contribution in [3.05, 3.63) is 65.0 Å². The molecule has 2 aromatic carbocycles. The van der Waals surface area contributed by atoms with E-state index in [1.54, 1.807) is 17.0 Å². The van der Waals surface area contributed by atoms with E-state index in [4.69, 9.17) is 0 Å². The molecule has 1 unspecified atom stereocenters. The Hall–Kier alpha value is -3.22. The molecule has 3 rings (SSSR count). The van der Waals surface area contributed by atoms with E-state index in [2.05, 4.69) is 10.6 Å². The number of hydrogen-bond donors (Lipinski definition) is 2. The van der Waals surface area contributed by atoms with Crippen LogP contribution in [-0.2, 0) is 20.8 Å². The van der Waals surface area contributed by atoms with Gasteiger partial charge in [-0.15, -0.1) is 0 Å². The van der Waals surface area contributed by atoms with Crippen LogP contribution in [0.3, 0.4) is 0 Å². The highest BCUT2D eigenvalue weighted by atomic mass is 19.1. The number of para-hydroxylation sites is 1. The molecule has 1 atom stereocenters. The molecular formula is C24H28FN3O3. The molecule has 1 saturated heterocycles. The third-order valence-electron chi connectivity index (χ3n) is 5.58. The summed E-state index contributed by atoms with van der Waals surface area (Å²) in [6.07, 6.45) is 1.57. The van der Waals surface area contributed by atoms with Gasteiger partial charge in [0.15, 0.2) is 0 Å². The number of halogens is 1. The van der Waals surface area contributed by atoms with Crippen LogP contribution in [0, 0.1) is 25.6 Å². The van der Waals surface area contributed by atoms with Crippen LogP contribution in [0.2, 0.25) is 0 Å². The first-order valence-corrected chi connectivity index (χ1v) is 10.5. The maximum atomic E-state index is 13.0. The number of nitrogens with zero attached hydrogens (tertiary/aromatic N) is 1. The molecule has 7 heteroatoms. The molecule has 1 heterocycles. The van der Waals surface area contributed by atoms with E-state index in [1.807, 2.05) is 32.0 Å². The predicted molar refractivity (Wildman–Crippen MR) is 117 cm³/mol. The highest BCUT2D eigenvalue weighted by Crippen LogP contribution is 2.20. The van der Waals surface area contributed by atoms with Crippen LogP contribution >= 0.6 is 0 Å². The molecule has 0 aliphatic carbocycles. The fraction of sp³-hybridized carbons (Fsp3) is 0.375. The quantitative estimate of drug-likeness (QED) is 0.747. The smallest absolute Gasteiger partial charge is 0.243 e. The number of aryl methyl sites for hydroxylation is 2. The van der Waals surface area contributed by atoms with E-state index < -0.39 is 0 Å². The van der Waals surface area contributed by atoms with Gasteiger partial charge in [0.05, 0.1) is 18.9 Å². The number of likely N-dealkylation sites (tertiary alicyclic amines) is 1. The van der Waals surface area contributed by atoms with Crippen molar-refractivity contribution in [1.29, 1.82) is 0 Å². The average Bonchev–Trinajstić information content (AvgIpc) is 2.76. The summed E-state index contributed by atoms with van der Waals surface area (Å²) in [6, 6.07) is 11.6. The normalized spacial score (nSPS) is 16.0. The van der Waals surface area contributed by atoms with Crippen molar-refractivity contribution >= 4 is 23.4 Å². The highest BCUT2D eigenvalue weighted by Gasteiger charge is 2.28. The molecule has 3 amide bonds. The zero-order valence-corrected chi connectivity index (χ0v) is 17.9. The minimum Gasteiger partial charge on any atom is -0.347 e. The van der Waals surface area contributed by atoms with Crippen LogP contribution in [0.4, 0.5) is 10.1 Å². The van der Waals surface area contributed by atoms with Gasteiger partial charge in [-0.3, -0.25) is 14.4 Å². The van der Waals surface area contributed by atoms with Gasteiger partial charge < -0.3 is 15.5 Å². The monoisotopic (exact) mass is 425 g/mol. The van der Waals surface area contributed by atoms with E-state index in [-0.39, 0.29) is 42.4 Å². The Balaban J connectivity index is 1.49. The maximum Gasteiger partial charge on any atom is 0.243 e. The first-order chi connectivity index (χ1) is 14.8. The zero-order valence-electron chi connectivity index (χ0n) is 17.9. The van der Waals surface area contributed by atoms with Crippen LogP contribution in [0.5, 0.6) is 0 Å². The number of nitrogens with one attached hydrogen (secondary N) is 2. The SMILES string of the molecule is Cc1cccc(C)c1NC(=O)CNC(=O)C1CCCN(C(=O)Cc2ccc(F)cc2)C1. The molecule has 31 heavy (non-hydrogen) atoms. The molecule has 0 spiro atoms. The first-order valence-electron chi connectivity index (χ1n) is 10.5. The van der Waals surface area contributed by atoms with Gasteiger partial charge in [-0.25, -0.2) is 4.39 Å². The number of amides is 3. The van der Waals surface area contributed by atoms with Crippen molar-refractivity contribution in [3.63, 3.8) is 0 Å². The summed E-state index contributed by atoms with van der Waals surface area (Å²) in [7, 11) is 0. The van der Waals surface area contributed by atoms with Gasteiger partial charge in [0.25, 0.3) is 0 Å². The number of anilines is 1. The van der Waals surface area contributed by atoms with Crippen molar-refractivity contribution in [2.75, 3.05) is 25.0 Å². The average molecular weight is 426 g/mol. The Morgan fingerprint density at radius 1 is 1.06 bits per heavy atom. The summed E-state index contributed by atoms with van der Waals surface area (Å²) in [5, 5.41) is 5.55.